The second-order valence-electron chi connectivity index (χ2n) is 3.23. The summed E-state index contributed by atoms with van der Waals surface area (Å²) in [6.45, 7) is 0.0974. The molecule has 3 heteroatoms. The topological polar surface area (TPSA) is 49.7 Å². The highest BCUT2D eigenvalue weighted by Crippen LogP contribution is 2.29. The van der Waals surface area contributed by atoms with E-state index in [0.29, 0.717) is 0 Å². The molecule has 0 fully saturated rings. The molecule has 2 N–H and O–H groups in total. The first-order valence-electron chi connectivity index (χ1n) is 4.33. The average molecular weight is 180 g/mol. The maximum absolute atomic E-state index is 8.90. The summed E-state index contributed by atoms with van der Waals surface area (Å²) in [5.74, 6) is 0.830. The van der Waals surface area contributed by atoms with Crippen molar-refractivity contribution < 1.29 is 14.9 Å². The van der Waals surface area contributed by atoms with Gasteiger partial charge in [-0.1, -0.05) is 6.07 Å². The molecular formula is C10H12O3. The van der Waals surface area contributed by atoms with Crippen molar-refractivity contribution in [2.45, 2.75) is 19.1 Å². The maximum atomic E-state index is 8.90. The summed E-state index contributed by atoms with van der Waals surface area (Å²) in [4.78, 5) is 0. The molecule has 0 spiro atoms. The van der Waals surface area contributed by atoms with Crippen LogP contribution in [0.4, 0.5) is 0 Å². The molecular weight excluding hydrogens is 168 g/mol. The number of fused-ring (bicyclic) bond motifs is 1. The summed E-state index contributed by atoms with van der Waals surface area (Å²) >= 11 is 0. The quantitative estimate of drug-likeness (QED) is 0.695. The number of aliphatic hydroxyl groups excluding tert-OH is 2. The van der Waals surface area contributed by atoms with Gasteiger partial charge in [0, 0.05) is 6.42 Å². The van der Waals surface area contributed by atoms with Crippen molar-refractivity contribution >= 4 is 0 Å². The van der Waals surface area contributed by atoms with Crippen molar-refractivity contribution in [1.82, 2.24) is 0 Å². The van der Waals surface area contributed by atoms with Gasteiger partial charge < -0.3 is 14.9 Å². The summed E-state index contributed by atoms with van der Waals surface area (Å²) in [6, 6.07) is 5.60. The van der Waals surface area contributed by atoms with E-state index < -0.39 is 0 Å². The van der Waals surface area contributed by atoms with Crippen molar-refractivity contribution in [2.24, 2.45) is 0 Å². The monoisotopic (exact) mass is 180 g/mol. The molecule has 1 aromatic rings. The molecule has 0 aliphatic carbocycles. The second-order valence-corrected chi connectivity index (χ2v) is 3.23. The average Bonchev–Trinajstić information content (AvgIpc) is 2.58. The van der Waals surface area contributed by atoms with Crippen molar-refractivity contribution in [1.29, 1.82) is 0 Å². The lowest BCUT2D eigenvalue weighted by Gasteiger charge is -2.04. The van der Waals surface area contributed by atoms with E-state index in [0.717, 1.165) is 23.3 Å². The third-order valence-electron chi connectivity index (χ3n) is 2.25. The van der Waals surface area contributed by atoms with Crippen molar-refractivity contribution in [2.75, 3.05) is 6.61 Å². The van der Waals surface area contributed by atoms with E-state index >= 15 is 0 Å². The lowest BCUT2D eigenvalue weighted by atomic mass is 10.1. The Bertz CT molecular complexity index is 309. The summed E-state index contributed by atoms with van der Waals surface area (Å²) < 4.78 is 5.42. The molecule has 1 heterocycles. The van der Waals surface area contributed by atoms with Crippen LogP contribution in [-0.2, 0) is 13.0 Å². The van der Waals surface area contributed by atoms with E-state index in [-0.39, 0.29) is 19.3 Å². The van der Waals surface area contributed by atoms with Crippen molar-refractivity contribution in [3.8, 4) is 5.75 Å². The number of hydrogen-bond acceptors (Lipinski definition) is 3. The molecule has 0 saturated carbocycles. The minimum atomic E-state index is -0.107. The van der Waals surface area contributed by atoms with Crippen LogP contribution in [0.1, 0.15) is 11.1 Å². The van der Waals surface area contributed by atoms with Crippen LogP contribution in [0, 0.1) is 0 Å². The van der Waals surface area contributed by atoms with Gasteiger partial charge in [-0.05, 0) is 23.3 Å². The van der Waals surface area contributed by atoms with Gasteiger partial charge in [-0.25, -0.2) is 0 Å². The van der Waals surface area contributed by atoms with Crippen LogP contribution < -0.4 is 4.74 Å². The molecule has 0 aromatic heterocycles. The summed E-state index contributed by atoms with van der Waals surface area (Å²) in [6.07, 6.45) is 0.628. The van der Waals surface area contributed by atoms with E-state index in [1.807, 2.05) is 18.2 Å². The van der Waals surface area contributed by atoms with E-state index in [2.05, 4.69) is 0 Å². The maximum Gasteiger partial charge on any atom is 0.126 e. The van der Waals surface area contributed by atoms with E-state index in [9.17, 15) is 0 Å². The molecule has 1 unspecified atom stereocenters. The highest BCUT2D eigenvalue weighted by molar-refractivity contribution is 5.40. The minimum absolute atomic E-state index is 0.0448. The van der Waals surface area contributed by atoms with Crippen molar-refractivity contribution in [3.63, 3.8) is 0 Å². The SMILES string of the molecule is OCc1ccc2c(c1)CC(CO)O2. The summed E-state index contributed by atoms with van der Waals surface area (Å²) in [5, 5.41) is 17.8. The second kappa shape index (κ2) is 3.36. The Morgan fingerprint density at radius 3 is 2.92 bits per heavy atom. The number of rotatable bonds is 2. The van der Waals surface area contributed by atoms with Gasteiger partial charge in [0.15, 0.2) is 0 Å². The molecule has 0 bridgehead atoms. The fourth-order valence-electron chi connectivity index (χ4n) is 1.57. The Kier molecular flexibility index (Phi) is 2.20. The lowest BCUT2D eigenvalue weighted by molar-refractivity contribution is 0.134. The van der Waals surface area contributed by atoms with Crippen LogP contribution in [0.15, 0.2) is 18.2 Å². The normalized spacial score (nSPS) is 19.7. The number of aliphatic hydroxyl groups is 2. The Balaban J connectivity index is 2.25. The van der Waals surface area contributed by atoms with Gasteiger partial charge in [-0.3, -0.25) is 0 Å². The number of hydrogen-bond donors (Lipinski definition) is 2. The number of ether oxygens (including phenoxy) is 1. The van der Waals surface area contributed by atoms with Gasteiger partial charge in [0.05, 0.1) is 13.2 Å². The fourth-order valence-corrected chi connectivity index (χ4v) is 1.57. The Labute approximate surface area is 76.6 Å². The zero-order valence-corrected chi connectivity index (χ0v) is 7.23. The third-order valence-corrected chi connectivity index (χ3v) is 2.25. The standard InChI is InChI=1S/C10H12O3/c11-5-7-1-2-10-8(3-7)4-9(6-12)13-10/h1-3,9,11-12H,4-6H2. The summed E-state index contributed by atoms with van der Waals surface area (Å²) in [7, 11) is 0. The lowest BCUT2D eigenvalue weighted by Crippen LogP contribution is -2.17. The van der Waals surface area contributed by atoms with Gasteiger partial charge in [0.2, 0.25) is 0 Å². The van der Waals surface area contributed by atoms with Gasteiger partial charge in [-0.15, -0.1) is 0 Å². The van der Waals surface area contributed by atoms with Crippen LogP contribution in [0.5, 0.6) is 5.75 Å². The zero-order valence-electron chi connectivity index (χ0n) is 7.23. The van der Waals surface area contributed by atoms with Crippen LogP contribution >= 0.6 is 0 Å². The zero-order chi connectivity index (χ0) is 9.26. The van der Waals surface area contributed by atoms with Crippen LogP contribution in [-0.4, -0.2) is 22.9 Å². The molecule has 13 heavy (non-hydrogen) atoms. The molecule has 1 aliphatic rings. The van der Waals surface area contributed by atoms with E-state index in [4.69, 9.17) is 14.9 Å². The predicted molar refractivity (Wildman–Crippen MR) is 47.6 cm³/mol. The predicted octanol–water partition coefficient (Wildman–Crippen LogP) is 0.475. The molecule has 1 aromatic carbocycles. The van der Waals surface area contributed by atoms with E-state index in [1.165, 1.54) is 0 Å². The van der Waals surface area contributed by atoms with Crippen LogP contribution in [0.25, 0.3) is 0 Å². The first kappa shape index (κ1) is 8.53. The number of benzene rings is 1. The molecule has 0 amide bonds. The highest BCUT2D eigenvalue weighted by atomic mass is 16.5. The first-order valence-corrected chi connectivity index (χ1v) is 4.33. The molecule has 1 aliphatic heterocycles. The Morgan fingerprint density at radius 2 is 2.23 bits per heavy atom. The summed E-state index contributed by atoms with van der Waals surface area (Å²) in [5.41, 5.74) is 1.96. The molecule has 1 atom stereocenters. The Morgan fingerprint density at radius 1 is 1.38 bits per heavy atom. The molecule has 0 saturated heterocycles. The molecule has 3 nitrogen and oxygen atoms in total. The first-order chi connectivity index (χ1) is 6.33. The van der Waals surface area contributed by atoms with Crippen molar-refractivity contribution in [3.05, 3.63) is 29.3 Å². The minimum Gasteiger partial charge on any atom is -0.487 e. The molecule has 2 rings (SSSR count). The van der Waals surface area contributed by atoms with Gasteiger partial charge in [0.25, 0.3) is 0 Å². The Hall–Kier alpha value is -1.06. The van der Waals surface area contributed by atoms with Gasteiger partial charge in [-0.2, -0.15) is 0 Å². The third kappa shape index (κ3) is 1.53. The largest absolute Gasteiger partial charge is 0.487 e. The highest BCUT2D eigenvalue weighted by Gasteiger charge is 2.21. The van der Waals surface area contributed by atoms with E-state index in [1.54, 1.807) is 0 Å². The molecule has 70 valence electrons. The van der Waals surface area contributed by atoms with Gasteiger partial charge >= 0.3 is 0 Å². The van der Waals surface area contributed by atoms with Crippen LogP contribution in [0.2, 0.25) is 0 Å². The van der Waals surface area contributed by atoms with Crippen LogP contribution in [0.3, 0.4) is 0 Å². The van der Waals surface area contributed by atoms with Gasteiger partial charge in [0.1, 0.15) is 11.9 Å². The smallest absolute Gasteiger partial charge is 0.126 e. The fraction of sp³-hybridized carbons (Fsp3) is 0.400. The molecule has 0 radical (unpaired) electrons.